The van der Waals surface area contributed by atoms with Crippen molar-refractivity contribution in [1.29, 1.82) is 0 Å². The predicted octanol–water partition coefficient (Wildman–Crippen LogP) is -1.06. The molecule has 0 bridgehead atoms. The number of nitrogens with zero attached hydrogens (tertiary/aromatic N) is 6. The largest absolute Gasteiger partial charge is 0.292 e. The molecule has 4 N–H and O–H groups in total. The van der Waals surface area contributed by atoms with E-state index in [0.717, 1.165) is 24.4 Å². The fourth-order valence-corrected chi connectivity index (χ4v) is 1.35. The minimum Gasteiger partial charge on any atom is -0.292 e. The Morgan fingerprint density at radius 1 is 1.25 bits per heavy atom. The van der Waals surface area contributed by atoms with Crippen LogP contribution in [0.25, 0.3) is 0 Å². The summed E-state index contributed by atoms with van der Waals surface area (Å²) in [6.07, 6.45) is 1.58. The second kappa shape index (κ2) is 4.66. The molecular formula is C7H13N9. The number of hydrogen-bond donors (Lipinski definition) is 3. The van der Waals surface area contributed by atoms with Gasteiger partial charge in [0.1, 0.15) is 5.82 Å². The monoisotopic (exact) mass is 223 g/mol. The molecule has 2 aromatic rings. The van der Waals surface area contributed by atoms with Gasteiger partial charge in [-0.05, 0) is 23.8 Å². The van der Waals surface area contributed by atoms with E-state index in [0.29, 0.717) is 12.4 Å². The summed E-state index contributed by atoms with van der Waals surface area (Å²) >= 11 is 0. The normalized spacial score (nSPS) is 10.6. The average Bonchev–Trinajstić information content (AvgIpc) is 2.88. The number of nitrogens with one attached hydrogen (secondary N) is 2. The Morgan fingerprint density at radius 3 is 2.75 bits per heavy atom. The van der Waals surface area contributed by atoms with E-state index in [-0.39, 0.29) is 0 Å². The number of aryl methyl sites for hydroxylation is 2. The van der Waals surface area contributed by atoms with Gasteiger partial charge in [-0.2, -0.15) is 0 Å². The van der Waals surface area contributed by atoms with Gasteiger partial charge < -0.3 is 0 Å². The fourth-order valence-electron chi connectivity index (χ4n) is 1.35. The minimum absolute atomic E-state index is 0.661. The van der Waals surface area contributed by atoms with Crippen LogP contribution in [0.2, 0.25) is 0 Å². The molecule has 0 aliphatic carbocycles. The molecule has 0 spiro atoms. The van der Waals surface area contributed by atoms with Crippen molar-refractivity contribution in [2.75, 3.05) is 11.6 Å². The fraction of sp³-hybridized carbons (Fsp3) is 0.571. The lowest BCUT2D eigenvalue weighted by Gasteiger charge is -2.14. The van der Waals surface area contributed by atoms with Crippen LogP contribution in [0.15, 0.2) is 0 Å². The highest BCUT2D eigenvalue weighted by Gasteiger charge is 2.08. The van der Waals surface area contributed by atoms with E-state index >= 15 is 0 Å². The lowest BCUT2D eigenvalue weighted by Crippen LogP contribution is -2.33. The molecule has 0 fully saturated rings. The Labute approximate surface area is 91.4 Å². The molecule has 0 radical (unpaired) electrons. The van der Waals surface area contributed by atoms with Crippen molar-refractivity contribution in [3.05, 3.63) is 11.5 Å². The summed E-state index contributed by atoms with van der Waals surface area (Å²) in [4.78, 5) is 0. The van der Waals surface area contributed by atoms with Crippen LogP contribution in [0.3, 0.4) is 0 Å². The van der Waals surface area contributed by atoms with Crippen LogP contribution in [0, 0.1) is 6.92 Å². The van der Waals surface area contributed by atoms with E-state index in [2.05, 4.69) is 36.0 Å². The van der Waals surface area contributed by atoms with Crippen LogP contribution in [0.4, 0.5) is 5.82 Å². The molecule has 9 heteroatoms. The smallest absolute Gasteiger partial charge is 0.187 e. The molecule has 9 nitrogen and oxygen atoms in total. The van der Waals surface area contributed by atoms with E-state index < -0.39 is 0 Å². The van der Waals surface area contributed by atoms with Crippen molar-refractivity contribution in [2.24, 2.45) is 5.84 Å². The van der Waals surface area contributed by atoms with Gasteiger partial charge in [-0.25, -0.2) is 10.9 Å². The Morgan fingerprint density at radius 2 is 2.12 bits per heavy atom. The van der Waals surface area contributed by atoms with E-state index in [1.54, 1.807) is 5.01 Å². The number of tetrazole rings is 1. The molecule has 0 unspecified atom stereocenters. The maximum Gasteiger partial charge on any atom is 0.187 e. The summed E-state index contributed by atoms with van der Waals surface area (Å²) in [5.41, 5.74) is 0.851. The Balaban J connectivity index is 1.80. The van der Waals surface area contributed by atoms with Gasteiger partial charge in [-0.3, -0.25) is 10.1 Å². The maximum atomic E-state index is 5.83. The van der Waals surface area contributed by atoms with Crippen molar-refractivity contribution >= 4 is 5.82 Å². The zero-order valence-corrected chi connectivity index (χ0v) is 8.88. The quantitative estimate of drug-likeness (QED) is 0.435. The average molecular weight is 223 g/mol. The highest BCUT2D eigenvalue weighted by atomic mass is 15.5. The Bertz CT molecular complexity index is 419. The number of aromatic amines is 2. The number of rotatable bonds is 5. The predicted molar refractivity (Wildman–Crippen MR) is 55.2 cm³/mol. The van der Waals surface area contributed by atoms with Crippen molar-refractivity contribution in [3.63, 3.8) is 0 Å². The molecule has 2 aromatic heterocycles. The number of H-pyrrole nitrogens is 2. The summed E-state index contributed by atoms with van der Waals surface area (Å²) in [6.45, 7) is 2.53. The molecule has 2 heterocycles. The first-order valence-corrected chi connectivity index (χ1v) is 4.90. The van der Waals surface area contributed by atoms with Crippen molar-refractivity contribution in [2.45, 2.75) is 19.8 Å². The molecule has 0 aromatic carbocycles. The third kappa shape index (κ3) is 2.31. The van der Waals surface area contributed by atoms with Crippen LogP contribution < -0.4 is 10.9 Å². The first-order chi connectivity index (χ1) is 7.77. The number of aromatic nitrogens is 7. The lowest BCUT2D eigenvalue weighted by atomic mass is 10.3. The first kappa shape index (κ1) is 10.5. The van der Waals surface area contributed by atoms with E-state index in [1.165, 1.54) is 0 Å². The summed E-state index contributed by atoms with van der Waals surface area (Å²) in [5.74, 6) is 7.25. The van der Waals surface area contributed by atoms with Crippen LogP contribution >= 0.6 is 0 Å². The van der Waals surface area contributed by atoms with Gasteiger partial charge in [0.2, 0.25) is 0 Å². The van der Waals surface area contributed by atoms with Gasteiger partial charge in [0.15, 0.2) is 5.82 Å². The highest BCUT2D eigenvalue weighted by molar-refractivity contribution is 5.39. The number of hydrogen-bond acceptors (Lipinski definition) is 7. The van der Waals surface area contributed by atoms with Crippen LogP contribution in [0.5, 0.6) is 0 Å². The molecule has 0 amide bonds. The number of nitrogens with two attached hydrogens (primary N) is 1. The van der Waals surface area contributed by atoms with Crippen LogP contribution in [0.1, 0.15) is 17.9 Å². The minimum atomic E-state index is 0.661. The van der Waals surface area contributed by atoms with Crippen molar-refractivity contribution < 1.29 is 0 Å². The van der Waals surface area contributed by atoms with E-state index in [1.807, 2.05) is 6.92 Å². The molecule has 0 saturated carbocycles. The van der Waals surface area contributed by atoms with E-state index in [9.17, 15) is 0 Å². The van der Waals surface area contributed by atoms with Crippen molar-refractivity contribution in [3.8, 4) is 0 Å². The molecule has 0 aliphatic heterocycles. The third-order valence-electron chi connectivity index (χ3n) is 2.17. The molecular weight excluding hydrogens is 210 g/mol. The zero-order valence-electron chi connectivity index (χ0n) is 8.88. The standard InChI is InChI=1S/C7H13N9/c1-5-7(12-13-9-5)16(8)4-2-3-6-10-14-15-11-6/h2-4,8H2,1H3,(H,9,12,13)(H,10,11,14,15). The Kier molecular flexibility index (Phi) is 3.05. The highest BCUT2D eigenvalue weighted by Crippen LogP contribution is 2.09. The molecule has 2 rings (SSSR count). The molecule has 16 heavy (non-hydrogen) atoms. The van der Waals surface area contributed by atoms with Crippen molar-refractivity contribution in [1.82, 2.24) is 36.0 Å². The third-order valence-corrected chi connectivity index (χ3v) is 2.17. The molecule has 0 aliphatic rings. The van der Waals surface area contributed by atoms with Crippen LogP contribution in [-0.2, 0) is 6.42 Å². The maximum absolute atomic E-state index is 5.83. The lowest BCUT2D eigenvalue weighted by molar-refractivity contribution is 0.719. The first-order valence-electron chi connectivity index (χ1n) is 4.90. The zero-order chi connectivity index (χ0) is 11.4. The van der Waals surface area contributed by atoms with Crippen LogP contribution in [-0.4, -0.2) is 42.6 Å². The summed E-state index contributed by atoms with van der Waals surface area (Å²) in [5, 5.41) is 25.3. The molecule has 0 atom stereocenters. The van der Waals surface area contributed by atoms with Gasteiger partial charge in [-0.1, -0.05) is 5.21 Å². The van der Waals surface area contributed by atoms with Gasteiger partial charge in [0.25, 0.3) is 0 Å². The van der Waals surface area contributed by atoms with Gasteiger partial charge in [-0.15, -0.1) is 10.2 Å². The second-order valence-electron chi connectivity index (χ2n) is 3.41. The number of anilines is 1. The van der Waals surface area contributed by atoms with Gasteiger partial charge in [0, 0.05) is 13.0 Å². The summed E-state index contributed by atoms with van der Waals surface area (Å²) in [7, 11) is 0. The summed E-state index contributed by atoms with van der Waals surface area (Å²) < 4.78 is 0. The second-order valence-corrected chi connectivity index (χ2v) is 3.41. The summed E-state index contributed by atoms with van der Waals surface area (Å²) in [6, 6.07) is 0. The SMILES string of the molecule is Cc1[nH]nnc1N(N)CCCc1nnn[nH]1. The van der Waals surface area contributed by atoms with E-state index in [4.69, 9.17) is 5.84 Å². The topological polar surface area (TPSA) is 125 Å². The van der Waals surface area contributed by atoms with Gasteiger partial charge in [0.05, 0.1) is 5.69 Å². The number of hydrazine groups is 1. The Hall–Kier alpha value is -2.03. The molecule has 86 valence electrons. The van der Waals surface area contributed by atoms with Gasteiger partial charge >= 0.3 is 0 Å². The molecule has 0 saturated heterocycles.